The van der Waals surface area contributed by atoms with Crippen molar-refractivity contribution >= 4 is 11.5 Å². The highest BCUT2D eigenvalue weighted by Gasteiger charge is 2.35. The zero-order chi connectivity index (χ0) is 13.6. The van der Waals surface area contributed by atoms with Crippen molar-refractivity contribution in [1.29, 1.82) is 0 Å². The van der Waals surface area contributed by atoms with Crippen molar-refractivity contribution in [1.82, 2.24) is 9.55 Å². The molecular formula is C12H15N3O4. The average Bonchev–Trinajstić information content (AvgIpc) is 2.89. The summed E-state index contributed by atoms with van der Waals surface area (Å²) in [6.07, 6.45) is 0.615. The van der Waals surface area contributed by atoms with Gasteiger partial charge in [0.05, 0.1) is 12.7 Å². The number of aromatic nitrogens is 2. The largest absolute Gasteiger partial charge is 0.394 e. The SMILES string of the molecule is CC1=Nc2nc(=O)n([C@H]3C[C@H](O)[C@@H](CO)O3)cc2C1. The Kier molecular flexibility index (Phi) is 2.96. The van der Waals surface area contributed by atoms with Gasteiger partial charge < -0.3 is 14.9 Å². The van der Waals surface area contributed by atoms with E-state index in [1.54, 1.807) is 6.20 Å². The molecule has 3 rings (SSSR count). The van der Waals surface area contributed by atoms with Crippen LogP contribution in [0.1, 0.15) is 25.1 Å². The van der Waals surface area contributed by atoms with E-state index < -0.39 is 24.1 Å². The predicted octanol–water partition coefficient (Wildman–Crippen LogP) is -0.468. The van der Waals surface area contributed by atoms with Gasteiger partial charge in [0, 0.05) is 30.3 Å². The minimum absolute atomic E-state index is 0.269. The first-order valence-corrected chi connectivity index (χ1v) is 6.19. The zero-order valence-corrected chi connectivity index (χ0v) is 10.5. The Morgan fingerprint density at radius 3 is 3.05 bits per heavy atom. The van der Waals surface area contributed by atoms with Gasteiger partial charge in [0.15, 0.2) is 5.82 Å². The highest BCUT2D eigenvalue weighted by molar-refractivity contribution is 5.90. The molecule has 2 aliphatic heterocycles. The molecule has 0 radical (unpaired) electrons. The summed E-state index contributed by atoms with van der Waals surface area (Å²) in [5.41, 5.74) is 1.34. The van der Waals surface area contributed by atoms with Gasteiger partial charge in [-0.05, 0) is 6.92 Å². The van der Waals surface area contributed by atoms with E-state index in [9.17, 15) is 9.90 Å². The third kappa shape index (κ3) is 2.09. The number of nitrogens with zero attached hydrogens (tertiary/aromatic N) is 3. The molecule has 7 heteroatoms. The molecule has 0 aliphatic carbocycles. The molecule has 1 aromatic heterocycles. The van der Waals surface area contributed by atoms with Gasteiger partial charge in [-0.3, -0.25) is 4.57 Å². The Morgan fingerprint density at radius 1 is 1.58 bits per heavy atom. The monoisotopic (exact) mass is 265 g/mol. The van der Waals surface area contributed by atoms with E-state index in [4.69, 9.17) is 9.84 Å². The van der Waals surface area contributed by atoms with Crippen molar-refractivity contribution in [3.8, 4) is 0 Å². The Morgan fingerprint density at radius 2 is 2.37 bits per heavy atom. The van der Waals surface area contributed by atoms with E-state index in [1.807, 2.05) is 6.92 Å². The number of hydrogen-bond donors (Lipinski definition) is 2. The Bertz CT molecular complexity index is 595. The summed E-state index contributed by atoms with van der Waals surface area (Å²) in [5, 5.41) is 18.8. The molecule has 0 bridgehead atoms. The summed E-state index contributed by atoms with van der Waals surface area (Å²) < 4.78 is 6.83. The van der Waals surface area contributed by atoms with E-state index in [1.165, 1.54) is 4.57 Å². The fraction of sp³-hybridized carbons (Fsp3) is 0.583. The molecule has 7 nitrogen and oxygen atoms in total. The lowest BCUT2D eigenvalue weighted by Crippen LogP contribution is -2.27. The Balaban J connectivity index is 1.92. The molecule has 0 spiro atoms. The molecular weight excluding hydrogens is 250 g/mol. The van der Waals surface area contributed by atoms with Crippen LogP contribution in [0, 0.1) is 0 Å². The highest BCUT2D eigenvalue weighted by atomic mass is 16.5. The van der Waals surface area contributed by atoms with Crippen molar-refractivity contribution in [2.24, 2.45) is 4.99 Å². The lowest BCUT2D eigenvalue weighted by atomic mass is 10.2. The molecule has 2 aliphatic rings. The zero-order valence-electron chi connectivity index (χ0n) is 10.5. The highest BCUT2D eigenvalue weighted by Crippen LogP contribution is 2.29. The number of fused-ring (bicyclic) bond motifs is 1. The molecule has 19 heavy (non-hydrogen) atoms. The van der Waals surface area contributed by atoms with Gasteiger partial charge in [0.25, 0.3) is 0 Å². The van der Waals surface area contributed by atoms with E-state index in [0.29, 0.717) is 12.2 Å². The quantitative estimate of drug-likeness (QED) is 0.753. The lowest BCUT2D eigenvalue weighted by molar-refractivity contribution is -0.0459. The summed E-state index contributed by atoms with van der Waals surface area (Å²) in [4.78, 5) is 20.0. The molecule has 1 aromatic rings. The van der Waals surface area contributed by atoms with Crippen LogP contribution in [0.2, 0.25) is 0 Å². The Labute approximate surface area is 109 Å². The first-order chi connectivity index (χ1) is 9.08. The third-order valence-electron chi connectivity index (χ3n) is 3.44. The van der Waals surface area contributed by atoms with Crippen molar-refractivity contribution in [2.75, 3.05) is 6.61 Å². The minimum atomic E-state index is -0.770. The van der Waals surface area contributed by atoms with Gasteiger partial charge in [-0.15, -0.1) is 0 Å². The summed E-state index contributed by atoms with van der Waals surface area (Å²) in [6, 6.07) is 0. The molecule has 0 unspecified atom stereocenters. The number of ether oxygens (including phenoxy) is 1. The molecule has 3 atom stereocenters. The number of hydrogen-bond acceptors (Lipinski definition) is 6. The van der Waals surface area contributed by atoms with Crippen molar-refractivity contribution < 1.29 is 14.9 Å². The molecule has 0 saturated carbocycles. The molecule has 0 aromatic carbocycles. The van der Waals surface area contributed by atoms with Gasteiger partial charge in [-0.25, -0.2) is 9.79 Å². The maximum absolute atomic E-state index is 11.9. The molecule has 0 amide bonds. The van der Waals surface area contributed by atoms with Gasteiger partial charge in [-0.2, -0.15) is 4.98 Å². The van der Waals surface area contributed by atoms with E-state index in [2.05, 4.69) is 9.98 Å². The summed E-state index contributed by atoms with van der Waals surface area (Å²) >= 11 is 0. The van der Waals surface area contributed by atoms with Crippen LogP contribution < -0.4 is 5.69 Å². The second kappa shape index (κ2) is 4.52. The maximum Gasteiger partial charge on any atom is 0.351 e. The topological polar surface area (TPSA) is 96.9 Å². The molecule has 1 saturated heterocycles. The van der Waals surface area contributed by atoms with Crippen LogP contribution in [-0.2, 0) is 11.2 Å². The lowest BCUT2D eigenvalue weighted by Gasteiger charge is -2.14. The Hall–Kier alpha value is -1.57. The summed E-state index contributed by atoms with van der Waals surface area (Å²) in [7, 11) is 0. The third-order valence-corrected chi connectivity index (χ3v) is 3.44. The predicted molar refractivity (Wildman–Crippen MR) is 66.6 cm³/mol. The fourth-order valence-electron chi connectivity index (χ4n) is 2.47. The number of aliphatic imine (C=N–C) groups is 1. The van der Waals surface area contributed by atoms with Crippen LogP contribution in [-0.4, -0.2) is 44.3 Å². The second-order valence-corrected chi connectivity index (χ2v) is 4.92. The fourth-order valence-corrected chi connectivity index (χ4v) is 2.47. The normalized spacial score (nSPS) is 29.4. The van der Waals surface area contributed by atoms with Crippen LogP contribution in [0.3, 0.4) is 0 Å². The van der Waals surface area contributed by atoms with Crippen LogP contribution in [0.5, 0.6) is 0 Å². The molecule has 2 N–H and O–H groups in total. The van der Waals surface area contributed by atoms with Crippen LogP contribution in [0.15, 0.2) is 16.0 Å². The molecule has 1 fully saturated rings. The standard InChI is InChI=1S/C12H15N3O4/c1-6-2-7-4-15(12(18)14-11(7)13-6)10-3-8(17)9(5-16)19-10/h4,8-10,16-17H,2-3,5H2,1H3/t8-,9+,10+/m0/s1. The number of rotatable bonds is 2. The van der Waals surface area contributed by atoms with Crippen molar-refractivity contribution in [2.45, 2.75) is 38.2 Å². The molecule has 3 heterocycles. The van der Waals surface area contributed by atoms with Crippen molar-refractivity contribution in [3.63, 3.8) is 0 Å². The first-order valence-electron chi connectivity index (χ1n) is 6.19. The van der Waals surface area contributed by atoms with Gasteiger partial charge in [-0.1, -0.05) is 0 Å². The average molecular weight is 265 g/mol. The van der Waals surface area contributed by atoms with Crippen molar-refractivity contribution in [3.05, 3.63) is 22.2 Å². The van der Waals surface area contributed by atoms with E-state index in [0.717, 1.165) is 11.3 Å². The molecule has 102 valence electrons. The van der Waals surface area contributed by atoms with Gasteiger partial charge in [0.1, 0.15) is 12.3 Å². The number of aliphatic hydroxyl groups excluding tert-OH is 2. The van der Waals surface area contributed by atoms with Crippen LogP contribution in [0.4, 0.5) is 5.82 Å². The van der Waals surface area contributed by atoms with Gasteiger partial charge >= 0.3 is 5.69 Å². The van der Waals surface area contributed by atoms with E-state index in [-0.39, 0.29) is 13.0 Å². The summed E-state index contributed by atoms with van der Waals surface area (Å²) in [5.74, 6) is 0.469. The number of aliphatic hydroxyl groups is 2. The van der Waals surface area contributed by atoms with Crippen LogP contribution >= 0.6 is 0 Å². The maximum atomic E-state index is 11.9. The van der Waals surface area contributed by atoms with Crippen LogP contribution in [0.25, 0.3) is 0 Å². The smallest absolute Gasteiger partial charge is 0.351 e. The summed E-state index contributed by atoms with van der Waals surface area (Å²) in [6.45, 7) is 1.61. The minimum Gasteiger partial charge on any atom is -0.394 e. The first kappa shape index (κ1) is 12.5. The van der Waals surface area contributed by atoms with Gasteiger partial charge in [0.2, 0.25) is 0 Å². The van der Waals surface area contributed by atoms with E-state index >= 15 is 0 Å². The second-order valence-electron chi connectivity index (χ2n) is 4.92.